The number of aliphatic carboxylic acids is 1. The summed E-state index contributed by atoms with van der Waals surface area (Å²) in [5, 5.41) is 10.4. The highest BCUT2D eigenvalue weighted by atomic mass is 16.4. The summed E-state index contributed by atoms with van der Waals surface area (Å²) in [4.78, 5) is 16.8. The summed E-state index contributed by atoms with van der Waals surface area (Å²) >= 11 is 0. The molecule has 3 rings (SSSR count). The lowest BCUT2D eigenvalue weighted by Crippen LogP contribution is -2.35. The van der Waals surface area contributed by atoms with Gasteiger partial charge in [0.05, 0.1) is 5.92 Å². The van der Waals surface area contributed by atoms with Gasteiger partial charge in [-0.3, -0.25) is 9.69 Å². The first-order valence-electron chi connectivity index (χ1n) is 7.72. The van der Waals surface area contributed by atoms with Gasteiger partial charge < -0.3 is 10.1 Å². The van der Waals surface area contributed by atoms with Gasteiger partial charge in [-0.2, -0.15) is 0 Å². The van der Waals surface area contributed by atoms with E-state index in [0.29, 0.717) is 0 Å². The lowest BCUT2D eigenvalue weighted by Gasteiger charge is -2.29. The molecule has 0 spiro atoms. The molecule has 0 aliphatic carbocycles. The molecule has 4 nitrogen and oxygen atoms in total. The fourth-order valence-corrected chi connectivity index (χ4v) is 3.28. The van der Waals surface area contributed by atoms with Crippen LogP contribution in [0.25, 0.3) is 10.9 Å². The van der Waals surface area contributed by atoms with Crippen LogP contribution >= 0.6 is 0 Å². The van der Waals surface area contributed by atoms with Gasteiger partial charge in [-0.05, 0) is 43.5 Å². The van der Waals surface area contributed by atoms with Gasteiger partial charge in [0, 0.05) is 23.6 Å². The van der Waals surface area contributed by atoms with Crippen LogP contribution in [0.4, 0.5) is 0 Å². The molecule has 1 fully saturated rings. The monoisotopic (exact) mass is 286 g/mol. The number of rotatable bonds is 4. The molecule has 2 aromatic rings. The van der Waals surface area contributed by atoms with Crippen molar-refractivity contribution in [3.63, 3.8) is 0 Å². The largest absolute Gasteiger partial charge is 0.481 e. The number of benzene rings is 1. The molecule has 1 aromatic carbocycles. The van der Waals surface area contributed by atoms with Crippen LogP contribution in [0.3, 0.4) is 0 Å². The van der Waals surface area contributed by atoms with Crippen LogP contribution in [0.1, 0.15) is 30.9 Å². The molecular weight excluding hydrogens is 264 g/mol. The number of aromatic amines is 1. The molecule has 0 saturated carbocycles. The predicted molar refractivity (Wildman–Crippen MR) is 83.3 cm³/mol. The fraction of sp³-hybridized carbons (Fsp3) is 0.471. The summed E-state index contributed by atoms with van der Waals surface area (Å²) in [6.07, 6.45) is 4.66. The predicted octanol–water partition coefficient (Wildman–Crippen LogP) is 3.03. The van der Waals surface area contributed by atoms with E-state index in [1.54, 1.807) is 0 Å². The van der Waals surface area contributed by atoms with Crippen LogP contribution in [0.5, 0.6) is 0 Å². The maximum Gasteiger partial charge on any atom is 0.306 e. The van der Waals surface area contributed by atoms with Gasteiger partial charge in [-0.25, -0.2) is 0 Å². The Bertz CT molecular complexity index is 639. The molecule has 1 aliphatic heterocycles. The molecule has 0 atom stereocenters. The van der Waals surface area contributed by atoms with Crippen molar-refractivity contribution >= 4 is 16.9 Å². The molecule has 2 N–H and O–H groups in total. The summed E-state index contributed by atoms with van der Waals surface area (Å²) in [6, 6.07) is 6.46. The zero-order chi connectivity index (χ0) is 14.8. The van der Waals surface area contributed by atoms with Gasteiger partial charge in [0.25, 0.3) is 0 Å². The Balaban J connectivity index is 1.73. The normalized spacial score (nSPS) is 17.4. The number of aryl methyl sites for hydroxylation is 1. The summed E-state index contributed by atoms with van der Waals surface area (Å²) in [7, 11) is 0. The van der Waals surface area contributed by atoms with E-state index in [0.717, 1.165) is 38.9 Å². The van der Waals surface area contributed by atoms with Crippen LogP contribution in [-0.4, -0.2) is 34.0 Å². The van der Waals surface area contributed by atoms with Crippen LogP contribution in [0.15, 0.2) is 24.4 Å². The molecule has 0 unspecified atom stereocenters. The highest BCUT2D eigenvalue weighted by molar-refractivity contribution is 5.86. The Morgan fingerprint density at radius 3 is 2.76 bits per heavy atom. The zero-order valence-corrected chi connectivity index (χ0v) is 12.4. The Hall–Kier alpha value is -1.81. The highest BCUT2D eigenvalue weighted by Crippen LogP contribution is 2.25. The third-order valence-electron chi connectivity index (χ3n) is 4.60. The number of aromatic nitrogens is 1. The molecule has 21 heavy (non-hydrogen) atoms. The maximum absolute atomic E-state index is 11.0. The van der Waals surface area contributed by atoms with Crippen molar-refractivity contribution in [3.05, 3.63) is 35.5 Å². The first-order valence-corrected chi connectivity index (χ1v) is 7.72. The lowest BCUT2D eigenvalue weighted by molar-refractivity contribution is -0.143. The first kappa shape index (κ1) is 14.1. The average Bonchev–Trinajstić information content (AvgIpc) is 2.91. The number of nitrogens with one attached hydrogen (secondary N) is 1. The minimum absolute atomic E-state index is 0.157. The van der Waals surface area contributed by atoms with E-state index in [1.165, 1.54) is 22.0 Å². The second-order valence-electron chi connectivity index (χ2n) is 5.90. The van der Waals surface area contributed by atoms with Crippen molar-refractivity contribution in [2.24, 2.45) is 5.92 Å². The van der Waals surface area contributed by atoms with E-state index in [4.69, 9.17) is 5.11 Å². The van der Waals surface area contributed by atoms with Gasteiger partial charge >= 0.3 is 5.97 Å². The molecule has 4 heteroatoms. The number of hydrogen-bond donors (Lipinski definition) is 2. The van der Waals surface area contributed by atoms with Crippen molar-refractivity contribution in [3.8, 4) is 0 Å². The molecule has 2 heterocycles. The van der Waals surface area contributed by atoms with E-state index in [1.807, 2.05) is 0 Å². The summed E-state index contributed by atoms with van der Waals surface area (Å²) < 4.78 is 0. The van der Waals surface area contributed by atoms with Crippen molar-refractivity contribution in [2.75, 3.05) is 13.1 Å². The van der Waals surface area contributed by atoms with Crippen LogP contribution < -0.4 is 0 Å². The van der Waals surface area contributed by atoms with E-state index < -0.39 is 5.97 Å². The van der Waals surface area contributed by atoms with E-state index in [-0.39, 0.29) is 5.92 Å². The zero-order valence-electron chi connectivity index (χ0n) is 12.4. The Labute approximate surface area is 124 Å². The lowest BCUT2D eigenvalue weighted by atomic mass is 9.96. The second kappa shape index (κ2) is 5.90. The maximum atomic E-state index is 11.0. The SMILES string of the molecule is CCc1cccc2c(CN3CCC(C(=O)O)CC3)c[nH]c12. The smallest absolute Gasteiger partial charge is 0.306 e. The standard InChI is InChI=1S/C17H22N2O2/c1-2-12-4-3-5-15-14(10-18-16(12)15)11-19-8-6-13(7-9-19)17(20)21/h3-5,10,13,18H,2,6-9,11H2,1H3,(H,20,21). The Morgan fingerprint density at radius 1 is 1.33 bits per heavy atom. The number of likely N-dealkylation sites (tertiary alicyclic amines) is 1. The van der Waals surface area contributed by atoms with Gasteiger partial charge in [-0.1, -0.05) is 25.1 Å². The number of carboxylic acids is 1. The van der Waals surface area contributed by atoms with Gasteiger partial charge in [0.1, 0.15) is 0 Å². The number of hydrogen-bond acceptors (Lipinski definition) is 2. The molecular formula is C17H22N2O2. The molecule has 1 aliphatic rings. The minimum Gasteiger partial charge on any atom is -0.481 e. The van der Waals surface area contributed by atoms with Crippen molar-refractivity contribution in [2.45, 2.75) is 32.7 Å². The van der Waals surface area contributed by atoms with Crippen LogP contribution in [0, 0.1) is 5.92 Å². The summed E-state index contributed by atoms with van der Waals surface area (Å²) in [5.74, 6) is -0.801. The number of carboxylic acid groups (broad SMARTS) is 1. The molecule has 0 radical (unpaired) electrons. The van der Waals surface area contributed by atoms with Crippen molar-refractivity contribution in [1.82, 2.24) is 9.88 Å². The number of carbonyl (C=O) groups is 1. The van der Waals surface area contributed by atoms with Crippen LogP contribution in [-0.2, 0) is 17.8 Å². The molecule has 0 amide bonds. The number of nitrogens with zero attached hydrogens (tertiary/aromatic N) is 1. The summed E-state index contributed by atoms with van der Waals surface area (Å²) in [6.45, 7) is 4.82. The number of piperidine rings is 1. The second-order valence-corrected chi connectivity index (χ2v) is 5.90. The third kappa shape index (κ3) is 2.81. The van der Waals surface area contributed by atoms with E-state index in [9.17, 15) is 4.79 Å². The average molecular weight is 286 g/mol. The quantitative estimate of drug-likeness (QED) is 0.908. The Morgan fingerprint density at radius 2 is 2.10 bits per heavy atom. The number of para-hydroxylation sites is 1. The molecule has 0 bridgehead atoms. The summed E-state index contributed by atoms with van der Waals surface area (Å²) in [5.41, 5.74) is 3.91. The van der Waals surface area contributed by atoms with Crippen molar-refractivity contribution in [1.29, 1.82) is 0 Å². The van der Waals surface area contributed by atoms with Gasteiger partial charge in [0.15, 0.2) is 0 Å². The van der Waals surface area contributed by atoms with Crippen molar-refractivity contribution < 1.29 is 9.90 Å². The third-order valence-corrected chi connectivity index (χ3v) is 4.60. The van der Waals surface area contributed by atoms with E-state index in [2.05, 4.69) is 41.2 Å². The van der Waals surface area contributed by atoms with Gasteiger partial charge in [0.2, 0.25) is 0 Å². The minimum atomic E-state index is -0.644. The highest BCUT2D eigenvalue weighted by Gasteiger charge is 2.24. The van der Waals surface area contributed by atoms with E-state index >= 15 is 0 Å². The molecule has 1 saturated heterocycles. The topological polar surface area (TPSA) is 56.3 Å². The fourth-order valence-electron chi connectivity index (χ4n) is 3.28. The molecule has 112 valence electrons. The van der Waals surface area contributed by atoms with Crippen LogP contribution in [0.2, 0.25) is 0 Å². The van der Waals surface area contributed by atoms with Gasteiger partial charge in [-0.15, -0.1) is 0 Å². The number of fused-ring (bicyclic) bond motifs is 1. The first-order chi connectivity index (χ1) is 10.2. The number of H-pyrrole nitrogens is 1. The Kier molecular flexibility index (Phi) is 3.97. The molecule has 1 aromatic heterocycles.